The third kappa shape index (κ3) is 2.85. The number of hydrogen-bond acceptors (Lipinski definition) is 3. The smallest absolute Gasteiger partial charge is 0.125 e. The van der Waals surface area contributed by atoms with Crippen molar-refractivity contribution < 1.29 is 9.84 Å². The van der Waals surface area contributed by atoms with Crippen molar-refractivity contribution in [2.24, 2.45) is 0 Å². The van der Waals surface area contributed by atoms with E-state index in [-0.39, 0.29) is 0 Å². The van der Waals surface area contributed by atoms with Crippen molar-refractivity contribution in [3.8, 4) is 5.75 Å². The Kier molecular flexibility index (Phi) is 3.77. The fourth-order valence-corrected chi connectivity index (χ4v) is 1.75. The number of nitrogens with zero attached hydrogens (tertiary/aromatic N) is 1. The second-order valence-electron chi connectivity index (χ2n) is 3.73. The number of ether oxygens (including phenoxy) is 1. The van der Waals surface area contributed by atoms with Gasteiger partial charge in [-0.05, 0) is 13.0 Å². The van der Waals surface area contributed by atoms with E-state index in [1.165, 1.54) is 0 Å². The Bertz CT molecular complexity index is 454. The van der Waals surface area contributed by atoms with Crippen molar-refractivity contribution >= 4 is 0 Å². The molecule has 1 atom stereocenters. The lowest BCUT2D eigenvalue weighted by atomic mass is 10.1. The van der Waals surface area contributed by atoms with Crippen molar-refractivity contribution in [3.63, 3.8) is 0 Å². The summed E-state index contributed by atoms with van der Waals surface area (Å²) in [5.74, 6) is 1.50. The number of benzene rings is 1. The zero-order valence-corrected chi connectivity index (χ0v) is 9.76. The van der Waals surface area contributed by atoms with Gasteiger partial charge in [0.25, 0.3) is 0 Å². The zero-order chi connectivity index (χ0) is 12.1. The summed E-state index contributed by atoms with van der Waals surface area (Å²) in [5, 5.41) is 10.2. The molecule has 4 nitrogen and oxygen atoms in total. The minimum absolute atomic E-state index is 0.455. The minimum Gasteiger partial charge on any atom is -0.493 e. The number of imidazole rings is 1. The number of aliphatic hydroxyl groups is 1. The van der Waals surface area contributed by atoms with Gasteiger partial charge in [0.05, 0.1) is 12.7 Å². The van der Waals surface area contributed by atoms with Crippen molar-refractivity contribution in [1.82, 2.24) is 9.97 Å². The monoisotopic (exact) mass is 232 g/mol. The van der Waals surface area contributed by atoms with Crippen LogP contribution in [0.25, 0.3) is 0 Å². The normalized spacial score (nSPS) is 12.4. The molecule has 2 rings (SSSR count). The first-order chi connectivity index (χ1) is 8.31. The van der Waals surface area contributed by atoms with Crippen LogP contribution in [0.15, 0.2) is 36.7 Å². The molecule has 0 bridgehead atoms. The number of aliphatic hydroxyl groups excluding tert-OH is 1. The lowest BCUT2D eigenvalue weighted by Gasteiger charge is -2.14. The molecule has 2 N–H and O–H groups in total. The van der Waals surface area contributed by atoms with Gasteiger partial charge in [-0.1, -0.05) is 18.2 Å². The summed E-state index contributed by atoms with van der Waals surface area (Å²) < 4.78 is 5.49. The third-order valence-corrected chi connectivity index (χ3v) is 2.52. The van der Waals surface area contributed by atoms with Gasteiger partial charge in [-0.2, -0.15) is 0 Å². The molecule has 0 spiro atoms. The summed E-state index contributed by atoms with van der Waals surface area (Å²) in [6, 6.07) is 7.53. The predicted molar refractivity (Wildman–Crippen MR) is 64.9 cm³/mol. The molecule has 1 unspecified atom stereocenters. The Balaban J connectivity index is 2.15. The Morgan fingerprint density at radius 2 is 2.24 bits per heavy atom. The second-order valence-corrected chi connectivity index (χ2v) is 3.73. The first kappa shape index (κ1) is 11.7. The Morgan fingerprint density at radius 1 is 1.41 bits per heavy atom. The lowest BCUT2D eigenvalue weighted by molar-refractivity contribution is 0.170. The SMILES string of the molecule is CCOc1ccccc1C(O)Cc1ncc[nH]1. The molecule has 0 fully saturated rings. The summed E-state index contributed by atoms with van der Waals surface area (Å²) in [5.41, 5.74) is 0.797. The minimum atomic E-state index is -0.608. The molecule has 4 heteroatoms. The summed E-state index contributed by atoms with van der Waals surface area (Å²) in [6.07, 6.45) is 3.27. The number of para-hydroxylation sites is 1. The van der Waals surface area contributed by atoms with Gasteiger partial charge in [-0.3, -0.25) is 0 Å². The highest BCUT2D eigenvalue weighted by Crippen LogP contribution is 2.26. The average molecular weight is 232 g/mol. The molecule has 0 saturated carbocycles. The van der Waals surface area contributed by atoms with E-state index in [4.69, 9.17) is 4.74 Å². The molecule has 1 aromatic carbocycles. The number of H-pyrrole nitrogens is 1. The van der Waals surface area contributed by atoms with Gasteiger partial charge in [0.15, 0.2) is 0 Å². The molecular weight excluding hydrogens is 216 g/mol. The molecular formula is C13H16N2O2. The quantitative estimate of drug-likeness (QED) is 0.829. The van der Waals surface area contributed by atoms with Crippen LogP contribution in [0.1, 0.15) is 24.4 Å². The largest absolute Gasteiger partial charge is 0.493 e. The van der Waals surface area contributed by atoms with Crippen LogP contribution in [0.2, 0.25) is 0 Å². The zero-order valence-electron chi connectivity index (χ0n) is 9.76. The molecule has 17 heavy (non-hydrogen) atoms. The van der Waals surface area contributed by atoms with E-state index in [1.807, 2.05) is 31.2 Å². The summed E-state index contributed by atoms with van der Waals surface area (Å²) in [6.45, 7) is 2.51. The van der Waals surface area contributed by atoms with E-state index < -0.39 is 6.10 Å². The summed E-state index contributed by atoms with van der Waals surface area (Å²) in [4.78, 5) is 7.08. The van der Waals surface area contributed by atoms with Gasteiger partial charge in [0.1, 0.15) is 11.6 Å². The fraction of sp³-hybridized carbons (Fsp3) is 0.308. The van der Waals surface area contributed by atoms with E-state index in [2.05, 4.69) is 9.97 Å². The van der Waals surface area contributed by atoms with Gasteiger partial charge < -0.3 is 14.8 Å². The van der Waals surface area contributed by atoms with Gasteiger partial charge >= 0.3 is 0 Å². The fourth-order valence-electron chi connectivity index (χ4n) is 1.75. The lowest BCUT2D eigenvalue weighted by Crippen LogP contribution is -2.06. The van der Waals surface area contributed by atoms with Crippen LogP contribution in [0, 0.1) is 0 Å². The van der Waals surface area contributed by atoms with Crippen molar-refractivity contribution in [3.05, 3.63) is 48.0 Å². The number of aromatic amines is 1. The Morgan fingerprint density at radius 3 is 2.94 bits per heavy atom. The van der Waals surface area contributed by atoms with Gasteiger partial charge in [0.2, 0.25) is 0 Å². The van der Waals surface area contributed by atoms with Crippen molar-refractivity contribution in [2.45, 2.75) is 19.4 Å². The van der Waals surface area contributed by atoms with Crippen molar-refractivity contribution in [1.29, 1.82) is 0 Å². The predicted octanol–water partition coefficient (Wildman–Crippen LogP) is 2.08. The van der Waals surface area contributed by atoms with E-state index in [9.17, 15) is 5.11 Å². The van der Waals surface area contributed by atoms with E-state index in [1.54, 1.807) is 12.4 Å². The standard InChI is InChI=1S/C13H16N2O2/c1-2-17-12-6-4-3-5-10(12)11(16)9-13-14-7-8-15-13/h3-8,11,16H,2,9H2,1H3,(H,14,15). The second kappa shape index (κ2) is 5.50. The van der Waals surface area contributed by atoms with Crippen LogP contribution in [-0.2, 0) is 6.42 Å². The van der Waals surface area contributed by atoms with Crippen LogP contribution in [0.3, 0.4) is 0 Å². The molecule has 0 amide bonds. The summed E-state index contributed by atoms with van der Waals surface area (Å²) in [7, 11) is 0. The maximum absolute atomic E-state index is 10.2. The number of rotatable bonds is 5. The molecule has 0 aliphatic heterocycles. The van der Waals surface area contributed by atoms with Gasteiger partial charge in [-0.15, -0.1) is 0 Å². The first-order valence-electron chi connectivity index (χ1n) is 5.69. The average Bonchev–Trinajstić information content (AvgIpc) is 2.83. The molecule has 1 heterocycles. The van der Waals surface area contributed by atoms with Gasteiger partial charge in [-0.25, -0.2) is 4.98 Å². The topological polar surface area (TPSA) is 58.1 Å². The van der Waals surface area contributed by atoms with Crippen LogP contribution < -0.4 is 4.74 Å². The maximum Gasteiger partial charge on any atom is 0.125 e. The molecule has 0 aliphatic carbocycles. The van der Waals surface area contributed by atoms with E-state index in [0.717, 1.165) is 17.1 Å². The van der Waals surface area contributed by atoms with Gasteiger partial charge in [0, 0.05) is 24.4 Å². The Hall–Kier alpha value is -1.81. The van der Waals surface area contributed by atoms with Crippen LogP contribution >= 0.6 is 0 Å². The molecule has 1 aromatic heterocycles. The molecule has 0 aliphatic rings. The number of nitrogens with one attached hydrogen (secondary N) is 1. The van der Waals surface area contributed by atoms with Crippen LogP contribution in [-0.4, -0.2) is 21.7 Å². The van der Waals surface area contributed by atoms with Crippen LogP contribution in [0.4, 0.5) is 0 Å². The number of hydrogen-bond donors (Lipinski definition) is 2. The van der Waals surface area contributed by atoms with E-state index in [0.29, 0.717) is 13.0 Å². The molecule has 0 radical (unpaired) electrons. The summed E-state index contributed by atoms with van der Waals surface area (Å²) >= 11 is 0. The maximum atomic E-state index is 10.2. The molecule has 90 valence electrons. The van der Waals surface area contributed by atoms with Crippen LogP contribution in [0.5, 0.6) is 5.75 Å². The number of aromatic nitrogens is 2. The first-order valence-corrected chi connectivity index (χ1v) is 5.69. The molecule has 2 aromatic rings. The van der Waals surface area contributed by atoms with E-state index >= 15 is 0 Å². The highest BCUT2D eigenvalue weighted by atomic mass is 16.5. The molecule has 0 saturated heterocycles. The van der Waals surface area contributed by atoms with Crippen molar-refractivity contribution in [2.75, 3.05) is 6.61 Å². The highest BCUT2D eigenvalue weighted by Gasteiger charge is 2.14. The third-order valence-electron chi connectivity index (χ3n) is 2.52. The Labute approximate surface area is 100 Å². The highest BCUT2D eigenvalue weighted by molar-refractivity contribution is 5.35.